The van der Waals surface area contributed by atoms with Gasteiger partial charge in [0.25, 0.3) is 0 Å². The van der Waals surface area contributed by atoms with Crippen LogP contribution in [0.15, 0.2) is 24.3 Å². The van der Waals surface area contributed by atoms with Crippen LogP contribution in [-0.2, 0) is 9.53 Å². The number of hydrogen-bond donors (Lipinski definition) is 0. The zero-order chi connectivity index (χ0) is 11.0. The van der Waals surface area contributed by atoms with Crippen molar-refractivity contribution in [2.24, 2.45) is 0 Å². The second kappa shape index (κ2) is 5.42. The Kier molecular flexibility index (Phi) is 4.13. The number of carbonyl (C=O) groups is 1. The molecule has 0 amide bonds. The second-order valence-corrected chi connectivity index (χ2v) is 4.36. The molecule has 1 unspecified atom stereocenters. The number of hydrogen-bond acceptors (Lipinski definition) is 3. The molecule has 17 heavy (non-hydrogen) atoms. The Morgan fingerprint density at radius 2 is 2.00 bits per heavy atom. The van der Waals surface area contributed by atoms with E-state index in [1.807, 2.05) is 24.3 Å². The molecule has 1 aliphatic heterocycles. The summed E-state index contributed by atoms with van der Waals surface area (Å²) in [5.41, 5.74) is 0.972. The SMILES string of the molecule is O=C(OC1CC1)C1CCOc2ccccc21.[NaH]. The Morgan fingerprint density at radius 1 is 1.24 bits per heavy atom. The number of carbonyl (C=O) groups excluding carboxylic acids is 1. The molecule has 1 fully saturated rings. The van der Waals surface area contributed by atoms with Crippen LogP contribution in [0.4, 0.5) is 0 Å². The number of benzene rings is 1. The van der Waals surface area contributed by atoms with Gasteiger partial charge in [-0.2, -0.15) is 0 Å². The molecule has 0 aromatic heterocycles. The van der Waals surface area contributed by atoms with E-state index in [4.69, 9.17) is 9.47 Å². The number of rotatable bonds is 2. The number of fused-ring (bicyclic) bond motifs is 1. The van der Waals surface area contributed by atoms with E-state index in [1.54, 1.807) is 0 Å². The van der Waals surface area contributed by atoms with Crippen LogP contribution in [0.5, 0.6) is 5.75 Å². The predicted octanol–water partition coefficient (Wildman–Crippen LogP) is 1.61. The van der Waals surface area contributed by atoms with Crippen molar-refractivity contribution in [3.63, 3.8) is 0 Å². The van der Waals surface area contributed by atoms with Crippen LogP contribution in [0.2, 0.25) is 0 Å². The van der Waals surface area contributed by atoms with Gasteiger partial charge in [0.2, 0.25) is 0 Å². The molecule has 1 atom stereocenters. The van der Waals surface area contributed by atoms with Gasteiger partial charge < -0.3 is 9.47 Å². The summed E-state index contributed by atoms with van der Waals surface area (Å²) < 4.78 is 10.9. The molecular formula is C13H15NaO3. The molecule has 4 heteroatoms. The van der Waals surface area contributed by atoms with E-state index in [0.717, 1.165) is 30.6 Å². The third kappa shape index (κ3) is 2.84. The minimum absolute atomic E-state index is 0. The Hall–Kier alpha value is -0.510. The van der Waals surface area contributed by atoms with Gasteiger partial charge in [0, 0.05) is 5.56 Å². The molecule has 1 saturated carbocycles. The fourth-order valence-electron chi connectivity index (χ4n) is 2.02. The van der Waals surface area contributed by atoms with E-state index < -0.39 is 0 Å². The first kappa shape index (κ1) is 12.9. The summed E-state index contributed by atoms with van der Waals surface area (Å²) in [5, 5.41) is 0. The van der Waals surface area contributed by atoms with Crippen molar-refractivity contribution >= 4 is 35.5 Å². The van der Waals surface area contributed by atoms with Crippen LogP contribution in [0.1, 0.15) is 30.7 Å². The molecule has 1 aliphatic carbocycles. The number of esters is 1. The fourth-order valence-corrected chi connectivity index (χ4v) is 2.02. The van der Waals surface area contributed by atoms with Crippen LogP contribution in [0.25, 0.3) is 0 Å². The van der Waals surface area contributed by atoms with Crippen molar-refractivity contribution in [1.82, 2.24) is 0 Å². The van der Waals surface area contributed by atoms with E-state index in [1.165, 1.54) is 0 Å². The predicted molar refractivity (Wildman–Crippen MR) is 65.6 cm³/mol. The molecule has 86 valence electrons. The molecule has 1 aromatic carbocycles. The Bertz CT molecular complexity index is 415. The van der Waals surface area contributed by atoms with Gasteiger partial charge in [-0.3, -0.25) is 4.79 Å². The summed E-state index contributed by atoms with van der Waals surface area (Å²) in [6, 6.07) is 7.72. The number of para-hydroxylation sites is 1. The normalized spacial score (nSPS) is 21.8. The molecular weight excluding hydrogens is 227 g/mol. The van der Waals surface area contributed by atoms with Gasteiger partial charge in [0.05, 0.1) is 12.5 Å². The maximum atomic E-state index is 11.9. The first-order chi connectivity index (χ1) is 7.84. The van der Waals surface area contributed by atoms with E-state index in [9.17, 15) is 4.79 Å². The van der Waals surface area contributed by atoms with Crippen LogP contribution in [0, 0.1) is 0 Å². The molecule has 0 N–H and O–H groups in total. The summed E-state index contributed by atoms with van der Waals surface area (Å²) in [6.45, 7) is 0.599. The van der Waals surface area contributed by atoms with Gasteiger partial charge in [0.1, 0.15) is 11.9 Å². The molecule has 0 spiro atoms. The van der Waals surface area contributed by atoms with Gasteiger partial charge in [-0.25, -0.2) is 0 Å². The molecule has 0 saturated heterocycles. The third-order valence-electron chi connectivity index (χ3n) is 3.05. The Balaban J connectivity index is 0.00000108. The van der Waals surface area contributed by atoms with Crippen molar-refractivity contribution < 1.29 is 14.3 Å². The van der Waals surface area contributed by atoms with Crippen LogP contribution in [-0.4, -0.2) is 48.2 Å². The van der Waals surface area contributed by atoms with E-state index in [-0.39, 0.29) is 47.5 Å². The zero-order valence-corrected chi connectivity index (χ0v) is 9.02. The summed E-state index contributed by atoms with van der Waals surface area (Å²) in [4.78, 5) is 11.9. The fraction of sp³-hybridized carbons (Fsp3) is 0.462. The molecule has 2 aliphatic rings. The number of ether oxygens (including phenoxy) is 2. The van der Waals surface area contributed by atoms with Crippen molar-refractivity contribution in [2.45, 2.75) is 31.3 Å². The first-order valence-electron chi connectivity index (χ1n) is 5.77. The van der Waals surface area contributed by atoms with Gasteiger partial charge in [-0.05, 0) is 25.3 Å². The zero-order valence-electron chi connectivity index (χ0n) is 9.02. The second-order valence-electron chi connectivity index (χ2n) is 4.36. The van der Waals surface area contributed by atoms with Gasteiger partial charge in [-0.1, -0.05) is 18.2 Å². The molecule has 1 aromatic rings. The van der Waals surface area contributed by atoms with Crippen LogP contribution in [0.3, 0.4) is 0 Å². The Morgan fingerprint density at radius 3 is 2.76 bits per heavy atom. The monoisotopic (exact) mass is 242 g/mol. The molecule has 3 rings (SSSR count). The van der Waals surface area contributed by atoms with Crippen LogP contribution >= 0.6 is 0 Å². The van der Waals surface area contributed by atoms with Crippen molar-refractivity contribution in [1.29, 1.82) is 0 Å². The quantitative estimate of drug-likeness (QED) is 0.584. The first-order valence-corrected chi connectivity index (χ1v) is 5.77. The molecule has 1 heterocycles. The van der Waals surface area contributed by atoms with E-state index >= 15 is 0 Å². The average Bonchev–Trinajstić information content (AvgIpc) is 3.12. The summed E-state index contributed by atoms with van der Waals surface area (Å²) in [5.74, 6) is 0.607. The maximum absolute atomic E-state index is 11.9. The standard InChI is InChI=1S/C13H14O3.Na.H/c14-13(16-9-5-6-9)11-7-8-15-12-4-2-1-3-10(11)12;;/h1-4,9,11H,5-8H2;;. The van der Waals surface area contributed by atoms with Crippen molar-refractivity contribution in [2.75, 3.05) is 6.61 Å². The summed E-state index contributed by atoms with van der Waals surface area (Å²) in [7, 11) is 0. The van der Waals surface area contributed by atoms with Gasteiger partial charge in [-0.15, -0.1) is 0 Å². The van der Waals surface area contributed by atoms with E-state index in [2.05, 4.69) is 0 Å². The van der Waals surface area contributed by atoms with Gasteiger partial charge >= 0.3 is 35.5 Å². The van der Waals surface area contributed by atoms with E-state index in [0.29, 0.717) is 6.61 Å². The molecule has 0 bridgehead atoms. The minimum atomic E-state index is -0.134. The molecule has 0 radical (unpaired) electrons. The average molecular weight is 242 g/mol. The van der Waals surface area contributed by atoms with Gasteiger partial charge in [0.15, 0.2) is 0 Å². The topological polar surface area (TPSA) is 35.5 Å². The summed E-state index contributed by atoms with van der Waals surface area (Å²) in [6.07, 6.45) is 2.96. The van der Waals surface area contributed by atoms with Crippen LogP contribution < -0.4 is 4.74 Å². The summed E-state index contributed by atoms with van der Waals surface area (Å²) >= 11 is 0. The third-order valence-corrected chi connectivity index (χ3v) is 3.05. The van der Waals surface area contributed by atoms with Crippen molar-refractivity contribution in [3.05, 3.63) is 29.8 Å². The van der Waals surface area contributed by atoms with Crippen molar-refractivity contribution in [3.8, 4) is 5.75 Å². The molecule has 3 nitrogen and oxygen atoms in total. The Labute approximate surface area is 123 Å².